The Morgan fingerprint density at radius 3 is 2.93 bits per heavy atom. The van der Waals surface area contributed by atoms with Crippen LogP contribution in [0.3, 0.4) is 0 Å². The van der Waals surface area contributed by atoms with E-state index in [-0.39, 0.29) is 5.92 Å². The van der Waals surface area contributed by atoms with Crippen molar-refractivity contribution in [2.75, 3.05) is 0 Å². The number of aromatic nitrogens is 1. The zero-order chi connectivity index (χ0) is 10.6. The first-order valence-corrected chi connectivity index (χ1v) is 5.57. The van der Waals surface area contributed by atoms with Crippen molar-refractivity contribution < 1.29 is 5.11 Å². The van der Waals surface area contributed by atoms with Gasteiger partial charge < -0.3 is 5.11 Å². The van der Waals surface area contributed by atoms with Gasteiger partial charge in [-0.25, -0.2) is 4.98 Å². The molecule has 14 heavy (non-hydrogen) atoms. The number of rotatable bonds is 4. The average molecular weight is 231 g/mol. The molecule has 0 spiro atoms. The molecule has 1 N–H and O–H groups in total. The summed E-state index contributed by atoms with van der Waals surface area (Å²) in [7, 11) is 0. The average Bonchev–Trinajstić information content (AvgIpc) is 2.60. The van der Waals surface area contributed by atoms with E-state index in [9.17, 15) is 5.11 Å². The van der Waals surface area contributed by atoms with Gasteiger partial charge in [0, 0.05) is 0 Å². The Bertz CT molecular complexity index is 334. The summed E-state index contributed by atoms with van der Waals surface area (Å²) in [6.45, 7) is 1.98. The third kappa shape index (κ3) is 2.68. The van der Waals surface area contributed by atoms with Gasteiger partial charge in [0.15, 0.2) is 0 Å². The SMILES string of the molecule is CCCC(C#N)C(O)c1ncc(Cl)s1. The maximum Gasteiger partial charge on any atom is 0.124 e. The lowest BCUT2D eigenvalue weighted by Gasteiger charge is -2.12. The number of nitrogens with zero attached hydrogens (tertiary/aromatic N) is 2. The Kier molecular flexibility index (Phi) is 4.33. The van der Waals surface area contributed by atoms with E-state index < -0.39 is 6.10 Å². The monoisotopic (exact) mass is 230 g/mol. The second kappa shape index (κ2) is 5.30. The molecule has 0 saturated carbocycles. The van der Waals surface area contributed by atoms with E-state index in [0.717, 1.165) is 6.42 Å². The number of aliphatic hydroxyl groups excluding tert-OH is 1. The highest BCUT2D eigenvalue weighted by atomic mass is 35.5. The quantitative estimate of drug-likeness (QED) is 0.865. The molecule has 0 saturated heterocycles. The normalized spacial score (nSPS) is 14.7. The highest BCUT2D eigenvalue weighted by Crippen LogP contribution is 2.30. The van der Waals surface area contributed by atoms with Crippen molar-refractivity contribution in [1.29, 1.82) is 5.26 Å². The van der Waals surface area contributed by atoms with Gasteiger partial charge in [-0.15, -0.1) is 11.3 Å². The molecule has 0 fully saturated rings. The maximum atomic E-state index is 9.79. The summed E-state index contributed by atoms with van der Waals surface area (Å²) in [6, 6.07) is 2.08. The number of nitriles is 1. The molecule has 76 valence electrons. The van der Waals surface area contributed by atoms with E-state index in [2.05, 4.69) is 11.1 Å². The van der Waals surface area contributed by atoms with Gasteiger partial charge in [0.25, 0.3) is 0 Å². The van der Waals surface area contributed by atoms with Crippen LogP contribution in [-0.4, -0.2) is 10.1 Å². The second-order valence-corrected chi connectivity index (χ2v) is 4.67. The predicted molar refractivity (Wildman–Crippen MR) is 56.1 cm³/mol. The Morgan fingerprint density at radius 1 is 1.79 bits per heavy atom. The van der Waals surface area contributed by atoms with Gasteiger partial charge in [-0.3, -0.25) is 0 Å². The van der Waals surface area contributed by atoms with Crippen LogP contribution in [0.25, 0.3) is 0 Å². The largest absolute Gasteiger partial charge is 0.385 e. The van der Waals surface area contributed by atoms with Crippen LogP contribution in [0.2, 0.25) is 4.34 Å². The van der Waals surface area contributed by atoms with E-state index in [4.69, 9.17) is 16.9 Å². The molecular weight excluding hydrogens is 220 g/mol. The van der Waals surface area contributed by atoms with Crippen molar-refractivity contribution in [3.63, 3.8) is 0 Å². The molecule has 1 rings (SSSR count). The molecule has 0 radical (unpaired) electrons. The third-order valence-electron chi connectivity index (χ3n) is 1.90. The summed E-state index contributed by atoms with van der Waals surface area (Å²) in [4.78, 5) is 3.95. The van der Waals surface area contributed by atoms with Crippen LogP contribution in [0, 0.1) is 17.2 Å². The van der Waals surface area contributed by atoms with Gasteiger partial charge in [-0.1, -0.05) is 24.9 Å². The molecule has 5 heteroatoms. The number of hydrogen-bond donors (Lipinski definition) is 1. The van der Waals surface area contributed by atoms with Crippen molar-refractivity contribution in [2.24, 2.45) is 5.92 Å². The number of halogens is 1. The van der Waals surface area contributed by atoms with E-state index in [1.807, 2.05) is 6.92 Å². The van der Waals surface area contributed by atoms with Crippen LogP contribution in [0.15, 0.2) is 6.20 Å². The van der Waals surface area contributed by atoms with Crippen molar-refractivity contribution in [2.45, 2.75) is 25.9 Å². The molecule has 1 aromatic heterocycles. The first-order valence-electron chi connectivity index (χ1n) is 4.38. The molecule has 0 bridgehead atoms. The zero-order valence-electron chi connectivity index (χ0n) is 7.77. The Hall–Kier alpha value is -0.630. The minimum Gasteiger partial charge on any atom is -0.385 e. The molecule has 1 heterocycles. The maximum absolute atomic E-state index is 9.79. The van der Waals surface area contributed by atoms with Crippen LogP contribution >= 0.6 is 22.9 Å². The van der Waals surface area contributed by atoms with Crippen LogP contribution in [0.4, 0.5) is 0 Å². The summed E-state index contributed by atoms with van der Waals surface area (Å²) in [5, 5.41) is 19.1. The van der Waals surface area contributed by atoms with Crippen LogP contribution < -0.4 is 0 Å². The summed E-state index contributed by atoms with van der Waals surface area (Å²) in [5.41, 5.74) is 0. The van der Waals surface area contributed by atoms with Crippen molar-refractivity contribution >= 4 is 22.9 Å². The molecule has 0 aliphatic carbocycles. The number of aliphatic hydroxyl groups is 1. The number of thiazole rings is 1. The van der Waals surface area contributed by atoms with E-state index in [1.165, 1.54) is 17.5 Å². The second-order valence-electron chi connectivity index (χ2n) is 2.97. The topological polar surface area (TPSA) is 56.9 Å². The molecule has 3 nitrogen and oxygen atoms in total. The zero-order valence-corrected chi connectivity index (χ0v) is 9.35. The number of hydrogen-bond acceptors (Lipinski definition) is 4. The molecule has 0 aliphatic heterocycles. The molecule has 2 unspecified atom stereocenters. The highest BCUT2D eigenvalue weighted by Gasteiger charge is 2.22. The van der Waals surface area contributed by atoms with Gasteiger partial charge in [-0.05, 0) is 6.42 Å². The van der Waals surface area contributed by atoms with Crippen LogP contribution in [0.1, 0.15) is 30.9 Å². The smallest absolute Gasteiger partial charge is 0.124 e. The lowest BCUT2D eigenvalue weighted by atomic mass is 9.99. The van der Waals surface area contributed by atoms with Gasteiger partial charge in [0.2, 0.25) is 0 Å². The predicted octanol–water partition coefficient (Wildman–Crippen LogP) is 2.77. The molecule has 2 atom stereocenters. The summed E-state index contributed by atoms with van der Waals surface area (Å²) < 4.78 is 0.534. The standard InChI is InChI=1S/C9H11ClN2OS/c1-2-3-6(4-11)8(13)9-12-5-7(10)14-9/h5-6,8,13H,2-3H2,1H3. The lowest BCUT2D eigenvalue weighted by molar-refractivity contribution is 0.129. The van der Waals surface area contributed by atoms with E-state index in [0.29, 0.717) is 15.8 Å². The summed E-state index contributed by atoms with van der Waals surface area (Å²) in [6.07, 6.45) is 2.23. The fraction of sp³-hybridized carbons (Fsp3) is 0.556. The lowest BCUT2D eigenvalue weighted by Crippen LogP contribution is -2.10. The molecule has 0 amide bonds. The Morgan fingerprint density at radius 2 is 2.50 bits per heavy atom. The molecular formula is C9H11ClN2OS. The van der Waals surface area contributed by atoms with Crippen molar-refractivity contribution in [1.82, 2.24) is 4.98 Å². The van der Waals surface area contributed by atoms with E-state index in [1.54, 1.807) is 0 Å². The summed E-state index contributed by atoms with van der Waals surface area (Å²) in [5.74, 6) is -0.387. The summed E-state index contributed by atoms with van der Waals surface area (Å²) >= 11 is 6.91. The minimum atomic E-state index is -0.808. The molecule has 0 aromatic carbocycles. The first-order chi connectivity index (χ1) is 6.69. The van der Waals surface area contributed by atoms with Gasteiger partial charge in [0.1, 0.15) is 15.4 Å². The Labute approximate surface area is 92.0 Å². The van der Waals surface area contributed by atoms with Gasteiger partial charge >= 0.3 is 0 Å². The van der Waals surface area contributed by atoms with Crippen LogP contribution in [0.5, 0.6) is 0 Å². The van der Waals surface area contributed by atoms with E-state index >= 15 is 0 Å². The van der Waals surface area contributed by atoms with Crippen LogP contribution in [-0.2, 0) is 0 Å². The van der Waals surface area contributed by atoms with Gasteiger partial charge in [-0.2, -0.15) is 5.26 Å². The fourth-order valence-electron chi connectivity index (χ4n) is 1.18. The van der Waals surface area contributed by atoms with Crippen molar-refractivity contribution in [3.05, 3.63) is 15.5 Å². The first kappa shape index (κ1) is 11.4. The molecule has 0 aliphatic rings. The Balaban J connectivity index is 2.73. The van der Waals surface area contributed by atoms with Gasteiger partial charge in [0.05, 0.1) is 18.2 Å². The molecule has 1 aromatic rings. The minimum absolute atomic E-state index is 0.387. The highest BCUT2D eigenvalue weighted by molar-refractivity contribution is 7.15. The third-order valence-corrected chi connectivity index (χ3v) is 3.08. The fourth-order valence-corrected chi connectivity index (χ4v) is 2.16. The van der Waals surface area contributed by atoms with Crippen molar-refractivity contribution in [3.8, 4) is 6.07 Å².